The van der Waals surface area contributed by atoms with Crippen LogP contribution in [0, 0.1) is 5.41 Å². The number of hydrogen-bond donors (Lipinski definition) is 1. The Morgan fingerprint density at radius 2 is 1.15 bits per heavy atom. The third-order valence-corrected chi connectivity index (χ3v) is 7.46. The Kier molecular flexibility index (Phi) is 6.32. The van der Waals surface area contributed by atoms with E-state index in [1.807, 2.05) is 0 Å². The molecule has 2 aromatic rings. The summed E-state index contributed by atoms with van der Waals surface area (Å²) in [5.41, 5.74) is 3.69. The third kappa shape index (κ3) is 4.93. The van der Waals surface area contributed by atoms with E-state index in [0.29, 0.717) is 0 Å². The number of nitrogens with zero attached hydrogens (tertiary/aromatic N) is 2. The van der Waals surface area contributed by atoms with Gasteiger partial charge < -0.3 is 24.2 Å². The molecule has 0 amide bonds. The van der Waals surface area contributed by atoms with Crippen LogP contribution in [0.15, 0.2) is 48.5 Å². The maximum absolute atomic E-state index is 10.5. The van der Waals surface area contributed by atoms with Gasteiger partial charge in [0.2, 0.25) is 0 Å². The van der Waals surface area contributed by atoms with Gasteiger partial charge in [0.25, 0.3) is 0 Å². The Morgan fingerprint density at radius 1 is 0.758 bits per heavy atom. The second-order valence-corrected chi connectivity index (χ2v) is 11.5. The predicted molar refractivity (Wildman–Crippen MR) is 137 cm³/mol. The average molecular weight is 450 g/mol. The molecule has 0 radical (unpaired) electrons. The molecule has 2 aliphatic rings. The van der Waals surface area contributed by atoms with Crippen LogP contribution in [-0.2, 0) is 9.31 Å². The largest absolute Gasteiger partial charge is 0.494 e. The quantitative estimate of drug-likeness (QED) is 0.700. The minimum Gasteiger partial charge on any atom is -0.399 e. The van der Waals surface area contributed by atoms with Crippen molar-refractivity contribution in [3.63, 3.8) is 0 Å². The zero-order chi connectivity index (χ0) is 24.0. The van der Waals surface area contributed by atoms with Crippen LogP contribution in [0.1, 0.15) is 60.1 Å². The number of aliphatic hydroxyl groups is 1. The minimum atomic E-state index is -0.455. The van der Waals surface area contributed by atoms with Gasteiger partial charge in [0.05, 0.1) is 17.3 Å². The Hall–Kier alpha value is -2.02. The molecule has 0 spiro atoms. The summed E-state index contributed by atoms with van der Waals surface area (Å²) in [4.78, 5) is 4.85. The summed E-state index contributed by atoms with van der Waals surface area (Å²) in [5.74, 6) is 0. The Labute approximate surface area is 199 Å². The summed E-state index contributed by atoms with van der Waals surface area (Å²) in [5, 5.41) is 10.5. The van der Waals surface area contributed by atoms with Crippen molar-refractivity contribution in [2.75, 3.05) is 36.0 Å². The number of hydrogen-bond acceptors (Lipinski definition) is 5. The molecule has 4 rings (SSSR count). The molecule has 0 saturated carbocycles. The second kappa shape index (κ2) is 8.64. The number of benzene rings is 2. The lowest BCUT2D eigenvalue weighted by atomic mass is 9.79. The predicted octanol–water partition coefficient (Wildman–Crippen LogP) is 4.39. The van der Waals surface area contributed by atoms with Gasteiger partial charge in [0, 0.05) is 37.6 Å². The van der Waals surface area contributed by atoms with Gasteiger partial charge in [-0.2, -0.15) is 0 Å². The van der Waals surface area contributed by atoms with E-state index in [-0.39, 0.29) is 23.7 Å². The van der Waals surface area contributed by atoms with Crippen molar-refractivity contribution in [3.8, 4) is 0 Å². The van der Waals surface area contributed by atoms with Crippen molar-refractivity contribution in [2.24, 2.45) is 5.41 Å². The molecule has 2 heterocycles. The van der Waals surface area contributed by atoms with Crippen LogP contribution < -0.4 is 15.3 Å². The fourth-order valence-corrected chi connectivity index (χ4v) is 4.41. The highest BCUT2D eigenvalue weighted by atomic mass is 16.7. The standard InChI is InChI=1S/C27H39BN2O3/c1-25(2,3)24(31)20-8-12-22(13-9-20)29-16-18-30(19-17-29)23-14-10-21(11-15-23)28-32-26(4,5)27(6,7)33-28/h8-15,24,31H,16-19H2,1-7H3. The van der Waals surface area contributed by atoms with Crippen LogP contribution in [-0.4, -0.2) is 49.6 Å². The van der Waals surface area contributed by atoms with Crippen LogP contribution in [0.5, 0.6) is 0 Å². The molecule has 2 aromatic carbocycles. The SMILES string of the molecule is CC(C)(C)C(O)c1ccc(N2CCN(c3ccc(B4OC(C)(C)C(C)(C)O4)cc3)CC2)cc1. The van der Waals surface area contributed by atoms with Gasteiger partial charge in [-0.1, -0.05) is 45.0 Å². The van der Waals surface area contributed by atoms with Gasteiger partial charge in [-0.25, -0.2) is 0 Å². The molecule has 0 aliphatic carbocycles. The molecule has 0 bridgehead atoms. The molecule has 1 unspecified atom stereocenters. The summed E-state index contributed by atoms with van der Waals surface area (Å²) in [7, 11) is -0.319. The van der Waals surface area contributed by atoms with Crippen molar-refractivity contribution in [1.82, 2.24) is 0 Å². The molecule has 33 heavy (non-hydrogen) atoms. The van der Waals surface area contributed by atoms with Crippen molar-refractivity contribution in [3.05, 3.63) is 54.1 Å². The van der Waals surface area contributed by atoms with Crippen LogP contribution in [0.4, 0.5) is 11.4 Å². The van der Waals surface area contributed by atoms with Crippen molar-refractivity contribution in [1.29, 1.82) is 0 Å². The number of aliphatic hydroxyl groups excluding tert-OH is 1. The molecule has 2 saturated heterocycles. The highest BCUT2D eigenvalue weighted by molar-refractivity contribution is 6.62. The van der Waals surface area contributed by atoms with Crippen molar-refractivity contribution >= 4 is 24.0 Å². The summed E-state index contributed by atoms with van der Waals surface area (Å²) < 4.78 is 12.4. The maximum atomic E-state index is 10.5. The van der Waals surface area contributed by atoms with Crippen molar-refractivity contribution in [2.45, 2.75) is 65.8 Å². The number of rotatable bonds is 4. The molecule has 2 fully saturated rings. The average Bonchev–Trinajstić information content (AvgIpc) is 3.00. The smallest absolute Gasteiger partial charge is 0.399 e. The van der Waals surface area contributed by atoms with Gasteiger partial charge in [0.15, 0.2) is 0 Å². The molecule has 2 aliphatic heterocycles. The van der Waals surface area contributed by atoms with E-state index >= 15 is 0 Å². The van der Waals surface area contributed by atoms with Crippen molar-refractivity contribution < 1.29 is 14.4 Å². The molecular weight excluding hydrogens is 411 g/mol. The lowest BCUT2D eigenvalue weighted by Gasteiger charge is -2.37. The van der Waals surface area contributed by atoms with Gasteiger partial charge >= 0.3 is 7.12 Å². The Morgan fingerprint density at radius 3 is 1.55 bits per heavy atom. The molecule has 5 nitrogen and oxygen atoms in total. The first-order chi connectivity index (χ1) is 15.4. The Balaban J connectivity index is 1.35. The van der Waals surface area contributed by atoms with Gasteiger partial charge in [-0.3, -0.25) is 0 Å². The maximum Gasteiger partial charge on any atom is 0.494 e. The fraction of sp³-hybridized carbons (Fsp3) is 0.556. The highest BCUT2D eigenvalue weighted by Crippen LogP contribution is 2.37. The first-order valence-electron chi connectivity index (χ1n) is 12.1. The Bertz CT molecular complexity index is 927. The van der Waals surface area contributed by atoms with E-state index in [9.17, 15) is 5.11 Å². The first kappa shape index (κ1) is 24.1. The van der Waals surface area contributed by atoms with Gasteiger partial charge in [-0.05, 0) is 68.4 Å². The van der Waals surface area contributed by atoms with Crippen LogP contribution in [0.2, 0.25) is 0 Å². The minimum absolute atomic E-state index is 0.162. The summed E-state index contributed by atoms with van der Waals surface area (Å²) in [6.45, 7) is 18.4. The number of anilines is 2. The van der Waals surface area contributed by atoms with Crippen LogP contribution in [0.25, 0.3) is 0 Å². The van der Waals surface area contributed by atoms with Crippen LogP contribution >= 0.6 is 0 Å². The van der Waals surface area contributed by atoms with E-state index in [4.69, 9.17) is 9.31 Å². The van der Waals surface area contributed by atoms with Crippen LogP contribution in [0.3, 0.4) is 0 Å². The van der Waals surface area contributed by atoms with E-state index < -0.39 is 6.10 Å². The molecule has 1 atom stereocenters. The zero-order valence-electron chi connectivity index (χ0n) is 21.3. The molecule has 6 heteroatoms. The van der Waals surface area contributed by atoms with E-state index in [0.717, 1.165) is 37.2 Å². The molecule has 178 valence electrons. The summed E-state index contributed by atoms with van der Waals surface area (Å²) >= 11 is 0. The first-order valence-corrected chi connectivity index (χ1v) is 12.1. The third-order valence-electron chi connectivity index (χ3n) is 7.46. The highest BCUT2D eigenvalue weighted by Gasteiger charge is 2.51. The lowest BCUT2D eigenvalue weighted by molar-refractivity contribution is 0.00578. The van der Waals surface area contributed by atoms with E-state index in [2.05, 4.69) is 107 Å². The molecular formula is C27H39BN2O3. The monoisotopic (exact) mass is 450 g/mol. The van der Waals surface area contributed by atoms with Gasteiger partial charge in [-0.15, -0.1) is 0 Å². The fourth-order valence-electron chi connectivity index (χ4n) is 4.41. The molecule has 1 N–H and O–H groups in total. The zero-order valence-corrected chi connectivity index (χ0v) is 21.3. The van der Waals surface area contributed by atoms with E-state index in [1.54, 1.807) is 0 Å². The topological polar surface area (TPSA) is 45.2 Å². The van der Waals surface area contributed by atoms with E-state index in [1.165, 1.54) is 11.4 Å². The lowest BCUT2D eigenvalue weighted by Crippen LogP contribution is -2.46. The normalized spacial score (nSPS) is 21.4. The second-order valence-electron chi connectivity index (χ2n) is 11.5. The summed E-state index contributed by atoms with van der Waals surface area (Å²) in [6, 6.07) is 17.0. The molecule has 0 aromatic heterocycles. The number of piperazine rings is 1. The van der Waals surface area contributed by atoms with Gasteiger partial charge in [0.1, 0.15) is 0 Å². The summed E-state index contributed by atoms with van der Waals surface area (Å²) in [6.07, 6.45) is -0.455.